The number of aromatic nitrogens is 2. The smallest absolute Gasteiger partial charge is 0.135 e. The molecule has 0 unspecified atom stereocenters. The summed E-state index contributed by atoms with van der Waals surface area (Å²) in [4.78, 5) is 9.14. The number of rotatable bonds is 2. The number of hydrogen-bond acceptors (Lipinski definition) is 4. The van der Waals surface area contributed by atoms with Crippen LogP contribution in [0.3, 0.4) is 0 Å². The summed E-state index contributed by atoms with van der Waals surface area (Å²) in [5.41, 5.74) is 5.26. The summed E-state index contributed by atoms with van der Waals surface area (Å²) >= 11 is 0. The van der Waals surface area contributed by atoms with Crippen molar-refractivity contribution in [2.45, 2.75) is 38.9 Å². The van der Waals surface area contributed by atoms with Gasteiger partial charge in [0.2, 0.25) is 0 Å². The van der Waals surface area contributed by atoms with Crippen LogP contribution in [0, 0.1) is 6.92 Å². The SMILES string of the molecule is Cc1nc2c(c(N[C@H]3CCc4ccccc43)n1)CNC2. The highest BCUT2D eigenvalue weighted by Crippen LogP contribution is 2.34. The summed E-state index contributed by atoms with van der Waals surface area (Å²) in [7, 11) is 0. The van der Waals surface area contributed by atoms with Gasteiger partial charge in [-0.15, -0.1) is 0 Å². The van der Waals surface area contributed by atoms with Crippen molar-refractivity contribution in [3.63, 3.8) is 0 Å². The molecule has 1 aromatic carbocycles. The van der Waals surface area contributed by atoms with Crippen LogP contribution in [0.1, 0.15) is 40.7 Å². The van der Waals surface area contributed by atoms with E-state index in [1.807, 2.05) is 6.92 Å². The number of nitrogens with zero attached hydrogens (tertiary/aromatic N) is 2. The molecule has 0 bridgehead atoms. The second-order valence-electron chi connectivity index (χ2n) is 5.58. The Bertz CT molecular complexity index is 666. The van der Waals surface area contributed by atoms with Crippen LogP contribution >= 0.6 is 0 Å². The maximum Gasteiger partial charge on any atom is 0.135 e. The molecule has 0 saturated heterocycles. The first-order chi connectivity index (χ1) is 9.81. The van der Waals surface area contributed by atoms with E-state index < -0.39 is 0 Å². The molecule has 2 N–H and O–H groups in total. The molecule has 0 saturated carbocycles. The summed E-state index contributed by atoms with van der Waals surface area (Å²) in [5, 5.41) is 7.00. The van der Waals surface area contributed by atoms with Gasteiger partial charge in [-0.1, -0.05) is 24.3 Å². The third-order valence-corrected chi connectivity index (χ3v) is 4.24. The highest BCUT2D eigenvalue weighted by Gasteiger charge is 2.25. The lowest BCUT2D eigenvalue weighted by Crippen LogP contribution is -2.12. The fourth-order valence-electron chi connectivity index (χ4n) is 3.28. The monoisotopic (exact) mass is 266 g/mol. The molecule has 1 aliphatic carbocycles. The van der Waals surface area contributed by atoms with Gasteiger partial charge in [0, 0.05) is 18.7 Å². The number of hydrogen-bond donors (Lipinski definition) is 2. The van der Waals surface area contributed by atoms with Crippen molar-refractivity contribution in [1.29, 1.82) is 0 Å². The van der Waals surface area contributed by atoms with Gasteiger partial charge < -0.3 is 10.6 Å². The summed E-state index contributed by atoms with van der Waals surface area (Å²) in [6.07, 6.45) is 2.29. The van der Waals surface area contributed by atoms with Crippen LogP contribution in [0.4, 0.5) is 5.82 Å². The highest BCUT2D eigenvalue weighted by atomic mass is 15.1. The molecule has 102 valence electrons. The van der Waals surface area contributed by atoms with E-state index in [0.29, 0.717) is 6.04 Å². The van der Waals surface area contributed by atoms with Gasteiger partial charge in [0.25, 0.3) is 0 Å². The lowest BCUT2D eigenvalue weighted by molar-refractivity contribution is 0.746. The van der Waals surface area contributed by atoms with E-state index in [-0.39, 0.29) is 0 Å². The minimum absolute atomic E-state index is 0.380. The second-order valence-corrected chi connectivity index (χ2v) is 5.58. The predicted molar refractivity (Wildman–Crippen MR) is 78.4 cm³/mol. The Morgan fingerprint density at radius 2 is 2.10 bits per heavy atom. The second kappa shape index (κ2) is 4.56. The van der Waals surface area contributed by atoms with E-state index >= 15 is 0 Å². The molecule has 1 aliphatic heterocycles. The van der Waals surface area contributed by atoms with Crippen molar-refractivity contribution < 1.29 is 0 Å². The van der Waals surface area contributed by atoms with E-state index in [2.05, 4.69) is 44.9 Å². The maximum atomic E-state index is 4.62. The average molecular weight is 266 g/mol. The molecular weight excluding hydrogens is 248 g/mol. The Kier molecular flexibility index (Phi) is 2.70. The molecule has 4 rings (SSSR count). The third-order valence-electron chi connectivity index (χ3n) is 4.24. The quantitative estimate of drug-likeness (QED) is 0.877. The van der Waals surface area contributed by atoms with Gasteiger partial charge in [-0.05, 0) is 30.9 Å². The Balaban J connectivity index is 1.68. The molecule has 1 aromatic heterocycles. The van der Waals surface area contributed by atoms with E-state index in [1.165, 1.54) is 16.7 Å². The minimum atomic E-state index is 0.380. The molecule has 0 fully saturated rings. The molecule has 4 heteroatoms. The molecule has 0 spiro atoms. The molecular formula is C16H18N4. The van der Waals surface area contributed by atoms with Crippen LogP contribution in [0.2, 0.25) is 0 Å². The largest absolute Gasteiger partial charge is 0.363 e. The maximum absolute atomic E-state index is 4.62. The Morgan fingerprint density at radius 3 is 3.05 bits per heavy atom. The highest BCUT2D eigenvalue weighted by molar-refractivity contribution is 5.51. The van der Waals surface area contributed by atoms with Crippen molar-refractivity contribution in [3.05, 3.63) is 52.5 Å². The van der Waals surface area contributed by atoms with Crippen molar-refractivity contribution in [2.24, 2.45) is 0 Å². The van der Waals surface area contributed by atoms with Gasteiger partial charge in [-0.25, -0.2) is 9.97 Å². The van der Waals surface area contributed by atoms with Gasteiger partial charge in [0.05, 0.1) is 11.7 Å². The third kappa shape index (κ3) is 1.88. The fourth-order valence-corrected chi connectivity index (χ4v) is 3.28. The van der Waals surface area contributed by atoms with E-state index in [4.69, 9.17) is 0 Å². The minimum Gasteiger partial charge on any atom is -0.363 e. The summed E-state index contributed by atoms with van der Waals surface area (Å²) in [5.74, 6) is 1.86. The zero-order valence-electron chi connectivity index (χ0n) is 11.6. The van der Waals surface area contributed by atoms with Crippen LogP contribution in [-0.4, -0.2) is 9.97 Å². The number of nitrogens with one attached hydrogen (secondary N) is 2. The van der Waals surface area contributed by atoms with Gasteiger partial charge in [-0.3, -0.25) is 0 Å². The first kappa shape index (κ1) is 11.9. The summed E-state index contributed by atoms with van der Waals surface area (Å²) in [6, 6.07) is 9.08. The summed E-state index contributed by atoms with van der Waals surface area (Å²) < 4.78 is 0. The van der Waals surface area contributed by atoms with Crippen molar-refractivity contribution in [2.75, 3.05) is 5.32 Å². The van der Waals surface area contributed by atoms with Crippen LogP contribution in [-0.2, 0) is 19.5 Å². The van der Waals surface area contributed by atoms with E-state index in [9.17, 15) is 0 Å². The Labute approximate surface area is 118 Å². The molecule has 2 aliphatic rings. The van der Waals surface area contributed by atoms with Gasteiger partial charge >= 0.3 is 0 Å². The number of fused-ring (bicyclic) bond motifs is 2. The number of aryl methyl sites for hydroxylation is 2. The van der Waals surface area contributed by atoms with E-state index in [1.54, 1.807) is 0 Å². The molecule has 0 amide bonds. The molecule has 2 aromatic rings. The van der Waals surface area contributed by atoms with Gasteiger partial charge in [-0.2, -0.15) is 0 Å². The number of anilines is 1. The first-order valence-electron chi connectivity index (χ1n) is 7.23. The lowest BCUT2D eigenvalue weighted by Gasteiger charge is -2.17. The van der Waals surface area contributed by atoms with Crippen LogP contribution in [0.15, 0.2) is 24.3 Å². The molecule has 20 heavy (non-hydrogen) atoms. The lowest BCUT2D eigenvalue weighted by atomic mass is 10.1. The first-order valence-corrected chi connectivity index (χ1v) is 7.23. The van der Waals surface area contributed by atoms with Crippen molar-refractivity contribution in [3.8, 4) is 0 Å². The van der Waals surface area contributed by atoms with E-state index in [0.717, 1.165) is 43.3 Å². The fraction of sp³-hybridized carbons (Fsp3) is 0.375. The van der Waals surface area contributed by atoms with Gasteiger partial charge in [0.1, 0.15) is 11.6 Å². The topological polar surface area (TPSA) is 49.8 Å². The molecule has 1 atom stereocenters. The average Bonchev–Trinajstić information content (AvgIpc) is 3.06. The normalized spacial score (nSPS) is 19.8. The van der Waals surface area contributed by atoms with Crippen LogP contribution in [0.5, 0.6) is 0 Å². The zero-order chi connectivity index (χ0) is 13.5. The summed E-state index contributed by atoms with van der Waals surface area (Å²) in [6.45, 7) is 3.69. The van der Waals surface area contributed by atoms with Gasteiger partial charge in [0.15, 0.2) is 0 Å². The molecule has 0 radical (unpaired) electrons. The van der Waals surface area contributed by atoms with Crippen molar-refractivity contribution >= 4 is 5.82 Å². The number of benzene rings is 1. The van der Waals surface area contributed by atoms with Crippen LogP contribution in [0.25, 0.3) is 0 Å². The Hall–Kier alpha value is -1.94. The van der Waals surface area contributed by atoms with Crippen molar-refractivity contribution in [1.82, 2.24) is 15.3 Å². The standard InChI is InChI=1S/C16H18N4/c1-10-18-15-9-17-8-13(15)16(19-10)20-14-7-6-11-4-2-3-5-12(11)14/h2-5,14,17H,6-9H2,1H3,(H,18,19,20)/t14-/m0/s1. The predicted octanol–water partition coefficient (Wildman–Crippen LogP) is 2.49. The van der Waals surface area contributed by atoms with Crippen LogP contribution < -0.4 is 10.6 Å². The Morgan fingerprint density at radius 1 is 1.20 bits per heavy atom. The molecule has 4 nitrogen and oxygen atoms in total. The molecule has 2 heterocycles. The zero-order valence-corrected chi connectivity index (χ0v) is 11.6.